The van der Waals surface area contributed by atoms with Crippen molar-refractivity contribution in [3.8, 4) is 0 Å². The number of nitrogens with zero attached hydrogens (tertiary/aromatic N) is 2. The Morgan fingerprint density at radius 3 is 3.00 bits per heavy atom. The average Bonchev–Trinajstić information content (AvgIpc) is 1.69. The molecule has 0 fully saturated rings. The fraction of sp³-hybridized carbons (Fsp3) is 0.333. The largest absolute Gasteiger partial charge is 0.274 e. The molecular weight excluding hydrogens is 112 g/mol. The SMILES string of the molecule is O=C1CSC=N[N]1. The first-order chi connectivity index (χ1) is 3.39. The van der Waals surface area contributed by atoms with Gasteiger partial charge in [-0.2, -0.15) is 0 Å². The van der Waals surface area contributed by atoms with E-state index in [0.717, 1.165) is 0 Å². The van der Waals surface area contributed by atoms with E-state index in [1.165, 1.54) is 11.8 Å². The van der Waals surface area contributed by atoms with Crippen LogP contribution in [-0.4, -0.2) is 17.2 Å². The quantitative estimate of drug-likeness (QED) is 0.439. The summed E-state index contributed by atoms with van der Waals surface area (Å²) in [6, 6.07) is 0. The predicted molar refractivity (Wildman–Crippen MR) is 28.1 cm³/mol. The molecular formula is C3H3N2OS. The van der Waals surface area contributed by atoms with Crippen molar-refractivity contribution in [3.63, 3.8) is 0 Å². The summed E-state index contributed by atoms with van der Waals surface area (Å²) in [5, 5.41) is 3.37. The Labute approximate surface area is 45.2 Å². The van der Waals surface area contributed by atoms with Gasteiger partial charge in [-0.05, 0) is 0 Å². The second-order valence-corrected chi connectivity index (χ2v) is 1.86. The molecule has 0 aliphatic carbocycles. The molecule has 1 aliphatic heterocycles. The van der Waals surface area contributed by atoms with Gasteiger partial charge < -0.3 is 0 Å². The third-order valence-electron chi connectivity index (χ3n) is 0.498. The Hall–Kier alpha value is -0.510. The van der Waals surface area contributed by atoms with Gasteiger partial charge in [-0.15, -0.1) is 22.3 Å². The van der Waals surface area contributed by atoms with Gasteiger partial charge in [-0.25, -0.2) is 0 Å². The minimum Gasteiger partial charge on any atom is -0.270 e. The average molecular weight is 115 g/mol. The Bertz CT molecular complexity index is 112. The number of carbonyl (C=O) groups excluding carboxylic acids is 1. The zero-order valence-corrected chi connectivity index (χ0v) is 4.31. The van der Waals surface area contributed by atoms with E-state index in [9.17, 15) is 4.79 Å². The topological polar surface area (TPSA) is 43.5 Å². The van der Waals surface area contributed by atoms with Crippen LogP contribution in [0.25, 0.3) is 0 Å². The van der Waals surface area contributed by atoms with Gasteiger partial charge in [-0.1, -0.05) is 0 Å². The van der Waals surface area contributed by atoms with Gasteiger partial charge in [0, 0.05) is 0 Å². The normalized spacial score (nSPS) is 19.1. The fourth-order valence-corrected chi connectivity index (χ4v) is 0.647. The lowest BCUT2D eigenvalue weighted by Crippen LogP contribution is -2.15. The van der Waals surface area contributed by atoms with Crippen LogP contribution >= 0.6 is 11.8 Å². The first kappa shape index (κ1) is 4.64. The highest BCUT2D eigenvalue weighted by atomic mass is 32.2. The van der Waals surface area contributed by atoms with Gasteiger partial charge in [0.2, 0.25) is 0 Å². The lowest BCUT2D eigenvalue weighted by atomic mass is 10.7. The molecule has 0 N–H and O–H groups in total. The van der Waals surface area contributed by atoms with Crippen LogP contribution in [0.3, 0.4) is 0 Å². The zero-order chi connectivity index (χ0) is 5.11. The molecule has 0 aromatic carbocycles. The number of amides is 1. The Morgan fingerprint density at radius 1 is 1.86 bits per heavy atom. The molecule has 0 saturated carbocycles. The molecule has 1 aliphatic rings. The Kier molecular flexibility index (Phi) is 1.31. The molecule has 37 valence electrons. The second-order valence-electron chi connectivity index (χ2n) is 1.03. The van der Waals surface area contributed by atoms with Crippen LogP contribution < -0.4 is 5.43 Å². The molecule has 1 rings (SSSR count). The zero-order valence-electron chi connectivity index (χ0n) is 3.50. The summed E-state index contributed by atoms with van der Waals surface area (Å²) < 4.78 is 0. The van der Waals surface area contributed by atoms with Crippen molar-refractivity contribution in [2.75, 3.05) is 5.75 Å². The third-order valence-corrected chi connectivity index (χ3v) is 1.15. The highest BCUT2D eigenvalue weighted by Gasteiger charge is 2.03. The molecule has 0 unspecified atom stereocenters. The van der Waals surface area contributed by atoms with E-state index in [1.807, 2.05) is 0 Å². The van der Waals surface area contributed by atoms with Crippen LogP contribution in [0.2, 0.25) is 0 Å². The number of hydrogen-bond donors (Lipinski definition) is 0. The summed E-state index contributed by atoms with van der Waals surface area (Å²) in [5.41, 5.74) is 4.80. The molecule has 1 heterocycles. The fourth-order valence-electron chi connectivity index (χ4n) is 0.259. The summed E-state index contributed by atoms with van der Waals surface area (Å²) in [4.78, 5) is 10.2. The maximum absolute atomic E-state index is 10.2. The molecule has 0 aromatic heterocycles. The molecule has 4 heteroatoms. The van der Waals surface area contributed by atoms with Gasteiger partial charge in [0.1, 0.15) is 0 Å². The minimum atomic E-state index is -0.146. The highest BCUT2D eigenvalue weighted by Crippen LogP contribution is 1.97. The van der Waals surface area contributed by atoms with E-state index in [0.29, 0.717) is 5.75 Å². The number of carbonyl (C=O) groups is 1. The smallest absolute Gasteiger partial charge is 0.270 e. The van der Waals surface area contributed by atoms with Crippen molar-refractivity contribution in [2.45, 2.75) is 0 Å². The van der Waals surface area contributed by atoms with E-state index in [2.05, 4.69) is 10.5 Å². The van der Waals surface area contributed by atoms with Gasteiger partial charge in [0.05, 0.1) is 11.3 Å². The first-order valence-electron chi connectivity index (χ1n) is 1.76. The van der Waals surface area contributed by atoms with Gasteiger partial charge in [0.15, 0.2) is 0 Å². The van der Waals surface area contributed by atoms with E-state index < -0.39 is 0 Å². The van der Waals surface area contributed by atoms with Crippen molar-refractivity contribution < 1.29 is 4.79 Å². The summed E-state index contributed by atoms with van der Waals surface area (Å²) in [7, 11) is 0. The van der Waals surface area contributed by atoms with Crippen molar-refractivity contribution in [3.05, 3.63) is 0 Å². The van der Waals surface area contributed by atoms with Crippen LogP contribution in [0.5, 0.6) is 0 Å². The maximum atomic E-state index is 10.2. The summed E-state index contributed by atoms with van der Waals surface area (Å²) >= 11 is 1.37. The Morgan fingerprint density at radius 2 is 2.71 bits per heavy atom. The van der Waals surface area contributed by atoms with Crippen molar-refractivity contribution in [1.82, 2.24) is 5.43 Å². The molecule has 0 bridgehead atoms. The van der Waals surface area contributed by atoms with Gasteiger partial charge in [-0.3, -0.25) is 4.79 Å². The molecule has 0 spiro atoms. The second kappa shape index (κ2) is 1.97. The van der Waals surface area contributed by atoms with E-state index in [4.69, 9.17) is 0 Å². The molecule has 0 saturated heterocycles. The number of thioether (sulfide) groups is 1. The monoisotopic (exact) mass is 115 g/mol. The van der Waals surface area contributed by atoms with E-state index in [-0.39, 0.29) is 5.91 Å². The minimum absolute atomic E-state index is 0.146. The number of rotatable bonds is 0. The summed E-state index contributed by atoms with van der Waals surface area (Å²) in [5.74, 6) is 0.302. The van der Waals surface area contributed by atoms with Crippen LogP contribution in [0.1, 0.15) is 0 Å². The van der Waals surface area contributed by atoms with Crippen LogP contribution in [0.4, 0.5) is 0 Å². The lowest BCUT2D eigenvalue weighted by Gasteiger charge is -1.95. The molecule has 0 aromatic rings. The van der Waals surface area contributed by atoms with Crippen LogP contribution in [0, 0.1) is 0 Å². The van der Waals surface area contributed by atoms with Crippen molar-refractivity contribution in [2.24, 2.45) is 5.10 Å². The maximum Gasteiger partial charge on any atom is 0.274 e. The van der Waals surface area contributed by atoms with Gasteiger partial charge >= 0.3 is 0 Å². The summed E-state index contributed by atoms with van der Waals surface area (Å²) in [6.45, 7) is 0. The van der Waals surface area contributed by atoms with Crippen LogP contribution in [0.15, 0.2) is 5.10 Å². The molecule has 0 atom stereocenters. The number of hydrogen-bond acceptors (Lipinski definition) is 3. The predicted octanol–water partition coefficient (Wildman–Crippen LogP) is -0.193. The van der Waals surface area contributed by atoms with E-state index in [1.54, 1.807) is 5.55 Å². The van der Waals surface area contributed by atoms with E-state index >= 15 is 0 Å². The Balaban J connectivity index is 2.47. The molecule has 3 nitrogen and oxygen atoms in total. The molecule has 1 radical (unpaired) electrons. The van der Waals surface area contributed by atoms with Crippen LogP contribution in [-0.2, 0) is 4.79 Å². The lowest BCUT2D eigenvalue weighted by molar-refractivity contribution is -0.118. The standard InChI is InChI=1S/C3H3N2OS/c6-3-1-7-2-4-5-3/h2H,1H2. The molecule has 1 amide bonds. The first-order valence-corrected chi connectivity index (χ1v) is 2.81. The highest BCUT2D eigenvalue weighted by molar-refractivity contribution is 8.12. The van der Waals surface area contributed by atoms with Crippen molar-refractivity contribution >= 4 is 23.2 Å². The molecule has 7 heavy (non-hydrogen) atoms. The third kappa shape index (κ3) is 1.19. The van der Waals surface area contributed by atoms with Gasteiger partial charge in [0.25, 0.3) is 5.91 Å². The van der Waals surface area contributed by atoms with Crippen molar-refractivity contribution in [1.29, 1.82) is 0 Å². The summed E-state index contributed by atoms with van der Waals surface area (Å²) in [6.07, 6.45) is 0.